The summed E-state index contributed by atoms with van der Waals surface area (Å²) in [7, 11) is -17.9. The minimum atomic E-state index is -6.23. The first-order valence-corrected chi connectivity index (χ1v) is 6.69. The third-order valence-electron chi connectivity index (χ3n) is 0.453. The molecular formula is H2F4N2O4P2S. The van der Waals surface area contributed by atoms with Crippen LogP contribution in [0.15, 0.2) is 0 Å². The van der Waals surface area contributed by atoms with Gasteiger partial charge < -0.3 is 0 Å². The SMILES string of the molecule is O=P(F)(F)NS(=O)(=O)NP(=O)(F)F. The largest absolute Gasteiger partial charge is 0.494 e. The van der Waals surface area contributed by atoms with Crippen LogP contribution in [-0.2, 0) is 19.3 Å². The molecule has 0 aromatic carbocycles. The molecular weight excluding hydrogens is 262 g/mol. The van der Waals surface area contributed by atoms with Crippen LogP contribution in [0.5, 0.6) is 0 Å². The van der Waals surface area contributed by atoms with E-state index in [1.807, 2.05) is 0 Å². The molecule has 80 valence electrons. The first-order valence-electron chi connectivity index (χ1n) is 2.23. The van der Waals surface area contributed by atoms with E-state index in [1.54, 1.807) is 0 Å². The molecule has 0 spiro atoms. The van der Waals surface area contributed by atoms with Crippen molar-refractivity contribution in [3.63, 3.8) is 0 Å². The lowest BCUT2D eigenvalue weighted by Gasteiger charge is -2.04. The highest BCUT2D eigenvalue weighted by molar-refractivity contribution is 7.97. The van der Waals surface area contributed by atoms with Gasteiger partial charge in [0.25, 0.3) is 10.2 Å². The summed E-state index contributed by atoms with van der Waals surface area (Å²) in [6, 6.07) is 0. The van der Waals surface area contributed by atoms with E-state index in [4.69, 9.17) is 0 Å². The van der Waals surface area contributed by atoms with E-state index in [0.29, 0.717) is 0 Å². The minimum Gasteiger partial charge on any atom is -0.231 e. The van der Waals surface area contributed by atoms with Gasteiger partial charge in [-0.05, 0) is 0 Å². The van der Waals surface area contributed by atoms with Crippen LogP contribution in [0.2, 0.25) is 0 Å². The second-order valence-electron chi connectivity index (χ2n) is 1.61. The maximum atomic E-state index is 11.5. The van der Waals surface area contributed by atoms with Crippen molar-refractivity contribution < 1.29 is 34.3 Å². The fourth-order valence-corrected chi connectivity index (χ4v) is 3.07. The van der Waals surface area contributed by atoms with E-state index in [9.17, 15) is 34.3 Å². The van der Waals surface area contributed by atoms with E-state index in [1.165, 1.54) is 0 Å². The summed E-state index contributed by atoms with van der Waals surface area (Å²) in [6.07, 6.45) is 0. The lowest BCUT2D eigenvalue weighted by atomic mass is 13.8. The molecule has 0 aromatic rings. The predicted octanol–water partition coefficient (Wildman–Crippen LogP) is 1.50. The van der Waals surface area contributed by atoms with Crippen molar-refractivity contribution in [3.05, 3.63) is 0 Å². The standard InChI is InChI=1S/F4H2N2O4P2S/c1-11(2,7)5-13(9,10)6-12(3,4)8/h(H,5,7)(H,6,8). The molecule has 0 rings (SSSR count). The van der Waals surface area contributed by atoms with Gasteiger partial charge in [-0.1, -0.05) is 8.99 Å². The van der Waals surface area contributed by atoms with Crippen LogP contribution in [0.3, 0.4) is 0 Å². The minimum absolute atomic E-state index is 0.0831. The molecule has 0 aliphatic heterocycles. The van der Waals surface area contributed by atoms with Gasteiger partial charge in [0.1, 0.15) is 0 Å². The Morgan fingerprint density at radius 2 is 1.08 bits per heavy atom. The zero-order valence-electron chi connectivity index (χ0n) is 5.45. The van der Waals surface area contributed by atoms with Crippen molar-refractivity contribution in [1.29, 1.82) is 0 Å². The van der Waals surface area contributed by atoms with E-state index in [0.717, 1.165) is 0 Å². The van der Waals surface area contributed by atoms with Crippen LogP contribution in [0, 0.1) is 0 Å². The van der Waals surface area contributed by atoms with Gasteiger partial charge in [0.15, 0.2) is 0 Å². The number of rotatable bonds is 4. The lowest BCUT2D eigenvalue weighted by Crippen LogP contribution is -2.29. The Balaban J connectivity index is 4.65. The third-order valence-corrected chi connectivity index (χ3v) is 4.08. The fourth-order valence-electron chi connectivity index (χ4n) is 0.300. The summed E-state index contributed by atoms with van der Waals surface area (Å²) in [4.78, 5) is 0. The average molecular weight is 264 g/mol. The third kappa shape index (κ3) is 8.38. The zero-order valence-corrected chi connectivity index (χ0v) is 8.05. The molecule has 0 unspecified atom stereocenters. The van der Waals surface area contributed by atoms with Gasteiger partial charge in [-0.15, -0.1) is 16.8 Å². The second kappa shape index (κ2) is 3.66. The van der Waals surface area contributed by atoms with Gasteiger partial charge in [-0.2, -0.15) is 8.42 Å². The molecule has 0 radical (unpaired) electrons. The number of hydrogen-bond donors (Lipinski definition) is 2. The summed E-state index contributed by atoms with van der Waals surface area (Å²) in [5.41, 5.74) is 0. The molecule has 0 saturated carbocycles. The molecule has 13 heavy (non-hydrogen) atoms. The number of hydrogen-bond acceptors (Lipinski definition) is 4. The molecule has 2 N–H and O–H groups in total. The van der Waals surface area contributed by atoms with Crippen LogP contribution >= 0.6 is 15.8 Å². The highest BCUT2D eigenvalue weighted by Gasteiger charge is 2.34. The molecule has 0 aromatic heterocycles. The number of nitrogens with one attached hydrogen (secondary N) is 2. The van der Waals surface area contributed by atoms with Crippen LogP contribution in [0.1, 0.15) is 0 Å². The highest BCUT2D eigenvalue weighted by Crippen LogP contribution is 2.48. The summed E-state index contributed by atoms with van der Waals surface area (Å²) in [6.45, 7) is 0. The Labute approximate surface area is 70.2 Å². The first kappa shape index (κ1) is 13.1. The van der Waals surface area contributed by atoms with Crippen molar-refractivity contribution >= 4 is 26.0 Å². The van der Waals surface area contributed by atoms with Gasteiger partial charge in [-0.25, -0.2) is 9.13 Å². The highest BCUT2D eigenvalue weighted by atomic mass is 32.2. The van der Waals surface area contributed by atoms with Gasteiger partial charge in [0.05, 0.1) is 0 Å². The van der Waals surface area contributed by atoms with Crippen LogP contribution < -0.4 is 8.99 Å². The maximum Gasteiger partial charge on any atom is 0.494 e. The predicted molar refractivity (Wildman–Crippen MR) is 34.8 cm³/mol. The molecule has 6 nitrogen and oxygen atoms in total. The molecule has 0 aliphatic rings. The topological polar surface area (TPSA) is 92.3 Å². The lowest BCUT2D eigenvalue weighted by molar-refractivity contribution is 0.483. The zero-order chi connectivity index (χ0) is 10.9. The van der Waals surface area contributed by atoms with Gasteiger partial charge in [0.2, 0.25) is 0 Å². The Hall–Kier alpha value is 0.0500. The molecule has 0 atom stereocenters. The number of halogens is 4. The Bertz CT molecular complexity index is 334. The smallest absolute Gasteiger partial charge is 0.231 e. The molecule has 0 heterocycles. The summed E-state index contributed by atoms with van der Waals surface area (Å²) in [5, 5.41) is 0. The van der Waals surface area contributed by atoms with E-state index in [2.05, 4.69) is 0 Å². The quantitative estimate of drug-likeness (QED) is 0.594. The molecule has 0 amide bonds. The average Bonchev–Trinajstić information content (AvgIpc) is 1.43. The Kier molecular flexibility index (Phi) is 3.67. The van der Waals surface area contributed by atoms with E-state index < -0.39 is 26.0 Å². The second-order valence-corrected chi connectivity index (χ2v) is 5.93. The van der Waals surface area contributed by atoms with Gasteiger partial charge in [0, 0.05) is 0 Å². The van der Waals surface area contributed by atoms with Crippen molar-refractivity contribution in [2.75, 3.05) is 0 Å². The molecule has 13 heteroatoms. The maximum absolute atomic E-state index is 11.5. The Morgan fingerprint density at radius 1 is 0.846 bits per heavy atom. The first-order chi connectivity index (χ1) is 5.41. The van der Waals surface area contributed by atoms with Crippen molar-refractivity contribution in [1.82, 2.24) is 8.99 Å². The normalized spacial score (nSPS) is 14.5. The monoisotopic (exact) mass is 264 g/mol. The molecule has 0 bridgehead atoms. The van der Waals surface area contributed by atoms with Crippen molar-refractivity contribution in [2.24, 2.45) is 0 Å². The van der Waals surface area contributed by atoms with E-state index in [-0.39, 0.29) is 8.99 Å². The fraction of sp³-hybridized carbons (Fsp3) is 0. The molecule has 0 saturated heterocycles. The van der Waals surface area contributed by atoms with Crippen LogP contribution in [-0.4, -0.2) is 8.42 Å². The van der Waals surface area contributed by atoms with Gasteiger partial charge >= 0.3 is 15.8 Å². The Morgan fingerprint density at radius 3 is 1.23 bits per heavy atom. The summed E-state index contributed by atoms with van der Waals surface area (Å²) in [5.74, 6) is 0. The van der Waals surface area contributed by atoms with E-state index >= 15 is 0 Å². The van der Waals surface area contributed by atoms with Crippen LogP contribution in [0.25, 0.3) is 0 Å². The van der Waals surface area contributed by atoms with Crippen molar-refractivity contribution in [2.45, 2.75) is 0 Å². The summed E-state index contributed by atoms with van der Waals surface area (Å²) < 4.78 is 85.4. The summed E-state index contributed by atoms with van der Waals surface area (Å²) >= 11 is 0. The van der Waals surface area contributed by atoms with Crippen molar-refractivity contribution in [3.8, 4) is 0 Å². The van der Waals surface area contributed by atoms with Gasteiger partial charge in [-0.3, -0.25) is 0 Å². The van der Waals surface area contributed by atoms with Crippen LogP contribution in [0.4, 0.5) is 16.8 Å². The molecule has 0 aliphatic carbocycles. The molecule has 0 fully saturated rings.